The van der Waals surface area contributed by atoms with Crippen LogP contribution in [0.1, 0.15) is 12.5 Å². The molecule has 0 unspecified atom stereocenters. The Balaban J connectivity index is 0.00000289. The highest BCUT2D eigenvalue weighted by Gasteiger charge is 1.99. The smallest absolute Gasteiger partial charge is 0.194 e. The number of guanidine groups is 1. The lowest BCUT2D eigenvalue weighted by Crippen LogP contribution is -2.36. The first-order valence-corrected chi connectivity index (χ1v) is 5.63. The van der Waals surface area contributed by atoms with Crippen molar-refractivity contribution in [3.63, 3.8) is 0 Å². The van der Waals surface area contributed by atoms with Crippen LogP contribution in [0.5, 0.6) is 0 Å². The largest absolute Gasteiger partial charge is 0.349 e. The lowest BCUT2D eigenvalue weighted by molar-refractivity contribution is 0.587. The zero-order valence-corrected chi connectivity index (χ0v) is 13.4. The minimum Gasteiger partial charge on any atom is -0.349 e. The van der Waals surface area contributed by atoms with Gasteiger partial charge >= 0.3 is 0 Å². The number of nitrogens with one attached hydrogen (secondary N) is 1. The summed E-state index contributed by atoms with van der Waals surface area (Å²) in [5.41, 5.74) is 1.20. The summed E-state index contributed by atoms with van der Waals surface area (Å²) in [6.07, 6.45) is 0. The highest BCUT2D eigenvalue weighted by molar-refractivity contribution is 14.0. The summed E-state index contributed by atoms with van der Waals surface area (Å²) in [6, 6.07) is 10.2. The van der Waals surface area contributed by atoms with Crippen molar-refractivity contribution < 1.29 is 0 Å². The lowest BCUT2D eigenvalue weighted by atomic mass is 10.2. The second kappa shape index (κ2) is 9.77. The van der Waals surface area contributed by atoms with Crippen molar-refractivity contribution in [1.82, 2.24) is 10.2 Å². The first kappa shape index (κ1) is 16.8. The van der Waals surface area contributed by atoms with Crippen LogP contribution in [0.4, 0.5) is 0 Å². The van der Waals surface area contributed by atoms with E-state index in [0.29, 0.717) is 13.1 Å². The van der Waals surface area contributed by atoms with Crippen LogP contribution in [0.3, 0.4) is 0 Å². The maximum Gasteiger partial charge on any atom is 0.194 e. The summed E-state index contributed by atoms with van der Waals surface area (Å²) in [5, 5.41) is 3.19. The van der Waals surface area contributed by atoms with Gasteiger partial charge < -0.3 is 10.2 Å². The normalized spacial score (nSPS) is 9.83. The van der Waals surface area contributed by atoms with Crippen LogP contribution < -0.4 is 5.32 Å². The SMILES string of the molecule is CC#CCNC(=NCc1ccccc1)N(C)C.I. The van der Waals surface area contributed by atoms with Crippen LogP contribution >= 0.6 is 24.0 Å². The Kier molecular flexibility index (Phi) is 9.11. The van der Waals surface area contributed by atoms with Gasteiger partial charge in [-0.2, -0.15) is 0 Å². The van der Waals surface area contributed by atoms with Crippen molar-refractivity contribution in [3.8, 4) is 11.8 Å². The fourth-order valence-corrected chi connectivity index (χ4v) is 1.32. The topological polar surface area (TPSA) is 27.6 Å². The second-order valence-electron chi connectivity index (χ2n) is 3.80. The summed E-state index contributed by atoms with van der Waals surface area (Å²) >= 11 is 0. The monoisotopic (exact) mass is 357 g/mol. The molecule has 1 N–H and O–H groups in total. The molecule has 4 heteroatoms. The van der Waals surface area contributed by atoms with E-state index in [1.165, 1.54) is 5.56 Å². The molecule has 0 spiro atoms. The van der Waals surface area contributed by atoms with Crippen LogP contribution in [0.2, 0.25) is 0 Å². The number of hydrogen-bond acceptors (Lipinski definition) is 1. The van der Waals surface area contributed by atoms with E-state index in [9.17, 15) is 0 Å². The van der Waals surface area contributed by atoms with E-state index >= 15 is 0 Å². The summed E-state index contributed by atoms with van der Waals surface area (Å²) in [6.45, 7) is 3.14. The molecule has 1 rings (SSSR count). The van der Waals surface area contributed by atoms with E-state index in [1.54, 1.807) is 0 Å². The predicted molar refractivity (Wildman–Crippen MR) is 88.1 cm³/mol. The van der Waals surface area contributed by atoms with Crippen LogP contribution in [-0.4, -0.2) is 31.5 Å². The molecule has 0 atom stereocenters. The zero-order valence-electron chi connectivity index (χ0n) is 11.1. The van der Waals surface area contributed by atoms with Gasteiger partial charge in [0.2, 0.25) is 0 Å². The van der Waals surface area contributed by atoms with Crippen molar-refractivity contribution in [1.29, 1.82) is 0 Å². The molecule has 0 aliphatic heterocycles. The molecule has 0 amide bonds. The molecule has 0 heterocycles. The van der Waals surface area contributed by atoms with Crippen molar-refractivity contribution in [2.75, 3.05) is 20.6 Å². The van der Waals surface area contributed by atoms with E-state index in [0.717, 1.165) is 5.96 Å². The molecular formula is C14H20IN3. The number of benzene rings is 1. The Morgan fingerprint density at radius 2 is 1.94 bits per heavy atom. The molecular weight excluding hydrogens is 337 g/mol. The van der Waals surface area contributed by atoms with Gasteiger partial charge in [-0.1, -0.05) is 36.3 Å². The summed E-state index contributed by atoms with van der Waals surface area (Å²) in [4.78, 5) is 6.49. The van der Waals surface area contributed by atoms with Gasteiger partial charge in [-0.05, 0) is 12.5 Å². The van der Waals surface area contributed by atoms with Crippen molar-refractivity contribution >= 4 is 29.9 Å². The fraction of sp³-hybridized carbons (Fsp3) is 0.357. The maximum absolute atomic E-state index is 4.53. The number of aliphatic imine (C=N–C) groups is 1. The van der Waals surface area contributed by atoms with E-state index < -0.39 is 0 Å². The van der Waals surface area contributed by atoms with Crippen LogP contribution in [0.15, 0.2) is 35.3 Å². The van der Waals surface area contributed by atoms with Gasteiger partial charge in [0.25, 0.3) is 0 Å². The molecule has 0 saturated carbocycles. The fourth-order valence-electron chi connectivity index (χ4n) is 1.32. The van der Waals surface area contributed by atoms with Crippen molar-refractivity contribution in [2.24, 2.45) is 4.99 Å². The van der Waals surface area contributed by atoms with Gasteiger partial charge in [0.1, 0.15) is 0 Å². The summed E-state index contributed by atoms with van der Waals surface area (Å²) < 4.78 is 0. The minimum atomic E-state index is 0. The molecule has 98 valence electrons. The predicted octanol–water partition coefficient (Wildman–Crippen LogP) is 2.34. The quantitative estimate of drug-likeness (QED) is 0.389. The standard InChI is InChI=1S/C14H19N3.HI/c1-4-5-11-15-14(17(2)3)16-12-13-9-7-6-8-10-13;/h6-10H,11-12H2,1-3H3,(H,15,16);1H. The van der Waals surface area contributed by atoms with Crippen LogP contribution in [-0.2, 0) is 6.54 Å². The Bertz CT molecular complexity index is 416. The molecule has 0 radical (unpaired) electrons. The molecule has 0 bridgehead atoms. The minimum absolute atomic E-state index is 0. The number of rotatable bonds is 3. The van der Waals surface area contributed by atoms with Gasteiger partial charge in [0.15, 0.2) is 5.96 Å². The number of hydrogen-bond donors (Lipinski definition) is 1. The highest BCUT2D eigenvalue weighted by Crippen LogP contribution is 2.00. The zero-order chi connectivity index (χ0) is 12.5. The summed E-state index contributed by atoms with van der Waals surface area (Å²) in [5.74, 6) is 6.67. The van der Waals surface area contributed by atoms with Crippen LogP contribution in [0, 0.1) is 11.8 Å². The van der Waals surface area contributed by atoms with Crippen molar-refractivity contribution in [2.45, 2.75) is 13.5 Å². The lowest BCUT2D eigenvalue weighted by Gasteiger charge is -2.16. The Hall–Kier alpha value is -1.22. The molecule has 0 fully saturated rings. The van der Waals surface area contributed by atoms with Gasteiger partial charge in [0, 0.05) is 14.1 Å². The van der Waals surface area contributed by atoms with Gasteiger partial charge in [-0.15, -0.1) is 29.9 Å². The maximum atomic E-state index is 4.53. The molecule has 0 aliphatic carbocycles. The molecule has 0 aromatic heterocycles. The number of nitrogens with zero attached hydrogens (tertiary/aromatic N) is 2. The molecule has 3 nitrogen and oxygen atoms in total. The molecule has 0 saturated heterocycles. The average Bonchev–Trinajstić information content (AvgIpc) is 2.34. The van der Waals surface area contributed by atoms with E-state index in [1.807, 2.05) is 44.1 Å². The van der Waals surface area contributed by atoms with E-state index in [2.05, 4.69) is 34.3 Å². The van der Waals surface area contributed by atoms with Crippen LogP contribution in [0.25, 0.3) is 0 Å². The highest BCUT2D eigenvalue weighted by atomic mass is 127. The molecule has 18 heavy (non-hydrogen) atoms. The first-order valence-electron chi connectivity index (χ1n) is 5.63. The van der Waals surface area contributed by atoms with E-state index in [4.69, 9.17) is 0 Å². The average molecular weight is 357 g/mol. The first-order chi connectivity index (χ1) is 8.24. The molecule has 1 aromatic rings. The van der Waals surface area contributed by atoms with Gasteiger partial charge in [0.05, 0.1) is 13.1 Å². The number of halogens is 1. The Labute approximate surface area is 127 Å². The molecule has 1 aromatic carbocycles. The third-order valence-corrected chi connectivity index (χ3v) is 2.19. The summed E-state index contributed by atoms with van der Waals surface area (Å²) in [7, 11) is 3.94. The van der Waals surface area contributed by atoms with Gasteiger partial charge in [-0.25, -0.2) is 4.99 Å². The third-order valence-electron chi connectivity index (χ3n) is 2.19. The van der Waals surface area contributed by atoms with Crippen molar-refractivity contribution in [3.05, 3.63) is 35.9 Å². The third kappa shape index (κ3) is 6.50. The van der Waals surface area contributed by atoms with Gasteiger partial charge in [-0.3, -0.25) is 0 Å². The van der Waals surface area contributed by atoms with E-state index in [-0.39, 0.29) is 24.0 Å². The second-order valence-corrected chi connectivity index (χ2v) is 3.80. The Morgan fingerprint density at radius 1 is 1.28 bits per heavy atom. The Morgan fingerprint density at radius 3 is 2.50 bits per heavy atom. The molecule has 0 aliphatic rings.